The van der Waals surface area contributed by atoms with E-state index in [1.165, 1.54) is 5.56 Å². The van der Waals surface area contributed by atoms with Crippen LogP contribution >= 0.6 is 0 Å². The smallest absolute Gasteiger partial charge is 0.0921 e. The van der Waals surface area contributed by atoms with E-state index >= 15 is 0 Å². The SMILES string of the molecule is CCC(CC(=N)N)N(C)Cc1ccncc1. The molecule has 1 rings (SSSR count). The van der Waals surface area contributed by atoms with Gasteiger partial charge in [-0.15, -0.1) is 0 Å². The van der Waals surface area contributed by atoms with E-state index in [9.17, 15) is 0 Å². The molecule has 0 fully saturated rings. The number of rotatable bonds is 6. The summed E-state index contributed by atoms with van der Waals surface area (Å²) in [6.45, 7) is 2.99. The van der Waals surface area contributed by atoms with Gasteiger partial charge in [0.05, 0.1) is 5.84 Å². The van der Waals surface area contributed by atoms with Crippen molar-refractivity contribution in [2.75, 3.05) is 7.05 Å². The fourth-order valence-electron chi connectivity index (χ4n) is 1.77. The van der Waals surface area contributed by atoms with Crippen LogP contribution in [0.4, 0.5) is 0 Å². The lowest BCUT2D eigenvalue weighted by atomic mass is 10.1. The molecule has 3 N–H and O–H groups in total. The van der Waals surface area contributed by atoms with Gasteiger partial charge in [0.15, 0.2) is 0 Å². The summed E-state index contributed by atoms with van der Waals surface area (Å²) in [5.74, 6) is 0.258. The van der Waals surface area contributed by atoms with Gasteiger partial charge in [-0.25, -0.2) is 0 Å². The van der Waals surface area contributed by atoms with Crippen LogP contribution in [0, 0.1) is 5.41 Å². The van der Waals surface area contributed by atoms with E-state index in [1.807, 2.05) is 12.1 Å². The first-order valence-corrected chi connectivity index (χ1v) is 5.55. The maximum Gasteiger partial charge on any atom is 0.0921 e. The van der Waals surface area contributed by atoms with Crippen LogP contribution in [0.5, 0.6) is 0 Å². The third-order valence-electron chi connectivity index (χ3n) is 2.73. The molecule has 16 heavy (non-hydrogen) atoms. The van der Waals surface area contributed by atoms with E-state index in [1.54, 1.807) is 12.4 Å². The Morgan fingerprint density at radius 3 is 2.62 bits per heavy atom. The van der Waals surface area contributed by atoms with Crippen LogP contribution in [-0.2, 0) is 6.54 Å². The lowest BCUT2D eigenvalue weighted by Gasteiger charge is -2.26. The first-order chi connectivity index (χ1) is 7.63. The zero-order valence-corrected chi connectivity index (χ0v) is 9.98. The third kappa shape index (κ3) is 3.98. The van der Waals surface area contributed by atoms with Gasteiger partial charge < -0.3 is 5.73 Å². The molecule has 0 radical (unpaired) electrons. The normalized spacial score (nSPS) is 12.7. The van der Waals surface area contributed by atoms with E-state index in [-0.39, 0.29) is 5.84 Å². The molecule has 88 valence electrons. The van der Waals surface area contributed by atoms with Crippen molar-refractivity contribution in [3.8, 4) is 0 Å². The predicted octanol–water partition coefficient (Wildman–Crippen LogP) is 1.62. The van der Waals surface area contributed by atoms with Crippen molar-refractivity contribution in [3.63, 3.8) is 0 Å². The fourth-order valence-corrected chi connectivity index (χ4v) is 1.77. The second-order valence-corrected chi connectivity index (χ2v) is 4.06. The highest BCUT2D eigenvalue weighted by atomic mass is 15.1. The molecule has 1 atom stereocenters. The van der Waals surface area contributed by atoms with Crippen molar-refractivity contribution in [3.05, 3.63) is 30.1 Å². The van der Waals surface area contributed by atoms with Gasteiger partial charge in [-0.3, -0.25) is 15.3 Å². The minimum absolute atomic E-state index is 0.258. The van der Waals surface area contributed by atoms with Gasteiger partial charge in [0.25, 0.3) is 0 Å². The number of aromatic nitrogens is 1. The number of pyridine rings is 1. The lowest BCUT2D eigenvalue weighted by molar-refractivity contribution is 0.232. The van der Waals surface area contributed by atoms with E-state index in [2.05, 4.69) is 23.9 Å². The molecule has 0 aliphatic rings. The highest BCUT2D eigenvalue weighted by Gasteiger charge is 2.13. The van der Waals surface area contributed by atoms with Crippen LogP contribution in [-0.4, -0.2) is 28.8 Å². The molecule has 0 bridgehead atoms. The maximum atomic E-state index is 7.34. The Labute approximate surface area is 97.0 Å². The molecule has 0 saturated carbocycles. The number of nitrogens with two attached hydrogens (primary N) is 1. The molecule has 4 heteroatoms. The van der Waals surface area contributed by atoms with E-state index in [0.29, 0.717) is 12.5 Å². The van der Waals surface area contributed by atoms with Crippen molar-refractivity contribution < 1.29 is 0 Å². The van der Waals surface area contributed by atoms with Gasteiger partial charge in [0.1, 0.15) is 0 Å². The minimum Gasteiger partial charge on any atom is -0.388 e. The summed E-state index contributed by atoms with van der Waals surface area (Å²) in [5.41, 5.74) is 6.68. The number of hydrogen-bond acceptors (Lipinski definition) is 3. The predicted molar refractivity (Wildman–Crippen MR) is 66.3 cm³/mol. The molecule has 0 aromatic carbocycles. The lowest BCUT2D eigenvalue weighted by Crippen LogP contribution is -2.34. The molecule has 1 aromatic rings. The molecule has 4 nitrogen and oxygen atoms in total. The Kier molecular flexibility index (Phi) is 4.92. The van der Waals surface area contributed by atoms with Crippen LogP contribution in [0.2, 0.25) is 0 Å². The van der Waals surface area contributed by atoms with Gasteiger partial charge in [-0.05, 0) is 31.2 Å². The van der Waals surface area contributed by atoms with E-state index < -0.39 is 0 Å². The largest absolute Gasteiger partial charge is 0.388 e. The van der Waals surface area contributed by atoms with Gasteiger partial charge in [-0.2, -0.15) is 0 Å². The Morgan fingerprint density at radius 1 is 1.50 bits per heavy atom. The van der Waals surface area contributed by atoms with Crippen LogP contribution < -0.4 is 5.73 Å². The molecular weight excluding hydrogens is 200 g/mol. The minimum atomic E-state index is 0.258. The van der Waals surface area contributed by atoms with Crippen LogP contribution in [0.15, 0.2) is 24.5 Å². The molecule has 0 saturated heterocycles. The molecule has 1 aromatic heterocycles. The summed E-state index contributed by atoms with van der Waals surface area (Å²) >= 11 is 0. The summed E-state index contributed by atoms with van der Waals surface area (Å²) in [6.07, 6.45) is 5.24. The molecule has 0 aliphatic heterocycles. The van der Waals surface area contributed by atoms with Crippen molar-refractivity contribution in [1.29, 1.82) is 5.41 Å². The van der Waals surface area contributed by atoms with Gasteiger partial charge >= 0.3 is 0 Å². The molecule has 1 heterocycles. The molecule has 0 aliphatic carbocycles. The zero-order valence-electron chi connectivity index (χ0n) is 9.98. The first-order valence-electron chi connectivity index (χ1n) is 5.55. The number of nitrogens with one attached hydrogen (secondary N) is 1. The Hall–Kier alpha value is -1.42. The summed E-state index contributed by atoms with van der Waals surface area (Å²) in [7, 11) is 2.07. The topological polar surface area (TPSA) is 66.0 Å². The molecule has 0 amide bonds. The van der Waals surface area contributed by atoms with Crippen LogP contribution in [0.1, 0.15) is 25.3 Å². The second-order valence-electron chi connectivity index (χ2n) is 4.06. The molecular formula is C12H20N4. The van der Waals surface area contributed by atoms with Crippen molar-refractivity contribution in [2.24, 2.45) is 5.73 Å². The van der Waals surface area contributed by atoms with Crippen LogP contribution in [0.25, 0.3) is 0 Å². The molecule has 1 unspecified atom stereocenters. The van der Waals surface area contributed by atoms with E-state index in [4.69, 9.17) is 11.1 Å². The highest BCUT2D eigenvalue weighted by Crippen LogP contribution is 2.10. The van der Waals surface area contributed by atoms with Crippen LogP contribution in [0.3, 0.4) is 0 Å². The Balaban J connectivity index is 2.55. The van der Waals surface area contributed by atoms with Gasteiger partial charge in [-0.1, -0.05) is 6.92 Å². The summed E-state index contributed by atoms with van der Waals surface area (Å²) in [5, 5.41) is 7.34. The average Bonchev–Trinajstić information content (AvgIpc) is 2.26. The van der Waals surface area contributed by atoms with Gasteiger partial charge in [0.2, 0.25) is 0 Å². The quantitative estimate of drug-likeness (QED) is 0.565. The number of hydrogen-bond donors (Lipinski definition) is 2. The summed E-state index contributed by atoms with van der Waals surface area (Å²) < 4.78 is 0. The number of amidine groups is 1. The monoisotopic (exact) mass is 220 g/mol. The molecule has 0 spiro atoms. The Bertz CT molecular complexity index is 323. The number of nitrogens with zero attached hydrogens (tertiary/aromatic N) is 2. The second kappa shape index (κ2) is 6.23. The van der Waals surface area contributed by atoms with Crippen molar-refractivity contribution in [1.82, 2.24) is 9.88 Å². The highest BCUT2D eigenvalue weighted by molar-refractivity contribution is 5.77. The van der Waals surface area contributed by atoms with Crippen molar-refractivity contribution in [2.45, 2.75) is 32.4 Å². The standard InChI is InChI=1S/C12H20N4/c1-3-11(8-12(13)14)16(2)9-10-4-6-15-7-5-10/h4-7,11H,3,8-9H2,1-2H3,(H3,13,14). The van der Waals surface area contributed by atoms with E-state index in [0.717, 1.165) is 13.0 Å². The summed E-state index contributed by atoms with van der Waals surface area (Å²) in [6, 6.07) is 4.36. The Morgan fingerprint density at radius 2 is 2.12 bits per heavy atom. The van der Waals surface area contributed by atoms with Gasteiger partial charge in [0, 0.05) is 31.4 Å². The summed E-state index contributed by atoms with van der Waals surface area (Å²) in [4.78, 5) is 6.23. The van der Waals surface area contributed by atoms with Crippen molar-refractivity contribution >= 4 is 5.84 Å². The fraction of sp³-hybridized carbons (Fsp3) is 0.500. The maximum absolute atomic E-state index is 7.34. The average molecular weight is 220 g/mol. The zero-order chi connectivity index (χ0) is 12.0. The first kappa shape index (κ1) is 12.6. The third-order valence-corrected chi connectivity index (χ3v) is 2.73.